The Labute approximate surface area is 128 Å². The third-order valence-corrected chi connectivity index (χ3v) is 4.81. The molecular weight excluding hydrogens is 284 g/mol. The number of carbonyl (C=O) groups excluding carboxylic acids is 1. The van der Waals surface area contributed by atoms with Crippen molar-refractivity contribution in [2.75, 3.05) is 13.2 Å². The van der Waals surface area contributed by atoms with E-state index < -0.39 is 0 Å². The lowest BCUT2D eigenvalue weighted by Gasteiger charge is -2.09. The number of amides is 1. The van der Waals surface area contributed by atoms with Crippen LogP contribution in [0.2, 0.25) is 0 Å². The number of thiazole rings is 1. The summed E-state index contributed by atoms with van der Waals surface area (Å²) in [6, 6.07) is 7.73. The number of nitrogens with one attached hydrogen (secondary N) is 1. The van der Waals surface area contributed by atoms with Crippen LogP contribution in [0.1, 0.15) is 28.3 Å². The topological polar surface area (TPSA) is 51.2 Å². The molecule has 0 saturated heterocycles. The van der Waals surface area contributed by atoms with Gasteiger partial charge in [-0.15, -0.1) is 11.3 Å². The summed E-state index contributed by atoms with van der Waals surface area (Å²) in [6.45, 7) is 3.17. The maximum Gasteiger partial charge on any atom is 0.231 e. The van der Waals surface area contributed by atoms with Crippen LogP contribution in [-0.4, -0.2) is 24.0 Å². The van der Waals surface area contributed by atoms with Crippen molar-refractivity contribution < 1.29 is 9.53 Å². The number of para-hydroxylation sites is 1. The highest BCUT2D eigenvalue weighted by Crippen LogP contribution is 2.33. The highest BCUT2D eigenvalue weighted by atomic mass is 32.1. The molecule has 3 rings (SSSR count). The number of aryl methyl sites for hydroxylation is 1. The van der Waals surface area contributed by atoms with Crippen molar-refractivity contribution in [3.8, 4) is 5.75 Å². The molecule has 21 heavy (non-hydrogen) atoms. The molecule has 1 aliphatic rings. The minimum Gasteiger partial charge on any atom is -0.492 e. The minimum atomic E-state index is -0.191. The van der Waals surface area contributed by atoms with Gasteiger partial charge in [-0.3, -0.25) is 4.79 Å². The number of hydrogen-bond acceptors (Lipinski definition) is 4. The Bertz CT molecular complexity index is 639. The number of nitrogens with zero attached hydrogens (tertiary/aromatic N) is 1. The van der Waals surface area contributed by atoms with Crippen LogP contribution in [-0.2, 0) is 17.6 Å². The zero-order valence-corrected chi connectivity index (χ0v) is 12.8. The number of hydrogen-bond donors (Lipinski definition) is 1. The van der Waals surface area contributed by atoms with E-state index in [1.54, 1.807) is 11.3 Å². The van der Waals surface area contributed by atoms with Crippen molar-refractivity contribution in [2.45, 2.75) is 25.7 Å². The molecule has 1 aliphatic heterocycles. The number of benzene rings is 1. The molecule has 0 aliphatic carbocycles. The number of ether oxygens (including phenoxy) is 1. The smallest absolute Gasteiger partial charge is 0.231 e. The molecule has 1 amide bonds. The average Bonchev–Trinajstić information content (AvgIpc) is 3.13. The molecule has 2 heterocycles. The van der Waals surface area contributed by atoms with E-state index in [-0.39, 0.29) is 11.8 Å². The maximum atomic E-state index is 12.3. The summed E-state index contributed by atoms with van der Waals surface area (Å²) in [5.41, 5.74) is 0.984. The molecule has 0 saturated carbocycles. The Morgan fingerprint density at radius 2 is 2.33 bits per heavy atom. The Morgan fingerprint density at radius 3 is 3.14 bits per heavy atom. The molecule has 1 atom stereocenters. The first-order valence-corrected chi connectivity index (χ1v) is 8.02. The van der Waals surface area contributed by atoms with Gasteiger partial charge in [-0.25, -0.2) is 4.98 Å². The third-order valence-electron chi connectivity index (χ3n) is 3.60. The molecular formula is C16H18N2O2S. The van der Waals surface area contributed by atoms with Crippen molar-refractivity contribution in [2.24, 2.45) is 0 Å². The van der Waals surface area contributed by atoms with E-state index in [0.29, 0.717) is 13.2 Å². The highest BCUT2D eigenvalue weighted by Gasteiger charge is 2.29. The second-order valence-electron chi connectivity index (χ2n) is 5.02. The van der Waals surface area contributed by atoms with Crippen LogP contribution in [0.3, 0.4) is 0 Å². The Balaban J connectivity index is 1.53. The SMILES string of the molecule is CCc1cnc(CCNC(=O)[C@H]2COc3ccccc32)s1. The van der Waals surface area contributed by atoms with E-state index in [9.17, 15) is 4.79 Å². The van der Waals surface area contributed by atoms with Gasteiger partial charge in [-0.2, -0.15) is 0 Å². The average molecular weight is 302 g/mol. The van der Waals surface area contributed by atoms with Crippen molar-refractivity contribution in [3.05, 3.63) is 45.9 Å². The Kier molecular flexibility index (Phi) is 4.20. The summed E-state index contributed by atoms with van der Waals surface area (Å²) >= 11 is 1.72. The van der Waals surface area contributed by atoms with Gasteiger partial charge in [0.25, 0.3) is 0 Å². The maximum absolute atomic E-state index is 12.3. The molecule has 0 bridgehead atoms. The molecule has 1 aromatic carbocycles. The molecule has 0 radical (unpaired) electrons. The molecule has 1 aromatic heterocycles. The molecule has 4 nitrogen and oxygen atoms in total. The molecule has 110 valence electrons. The van der Waals surface area contributed by atoms with Crippen LogP contribution in [0, 0.1) is 0 Å². The van der Waals surface area contributed by atoms with Crippen LogP contribution in [0.15, 0.2) is 30.5 Å². The molecule has 0 fully saturated rings. The lowest BCUT2D eigenvalue weighted by atomic mass is 10.0. The van der Waals surface area contributed by atoms with E-state index in [4.69, 9.17) is 4.74 Å². The van der Waals surface area contributed by atoms with Gasteiger partial charge in [0.1, 0.15) is 18.3 Å². The second kappa shape index (κ2) is 6.26. The van der Waals surface area contributed by atoms with Crippen molar-refractivity contribution >= 4 is 17.2 Å². The standard InChI is InChI=1S/C16H18N2O2S/c1-2-11-9-18-15(21-11)7-8-17-16(19)13-10-20-14-6-4-3-5-12(13)14/h3-6,9,13H,2,7-8,10H2,1H3,(H,17,19)/t13-/m0/s1. The molecule has 5 heteroatoms. The van der Waals surface area contributed by atoms with Gasteiger partial charge in [-0.1, -0.05) is 25.1 Å². The van der Waals surface area contributed by atoms with Gasteiger partial charge in [-0.05, 0) is 12.5 Å². The van der Waals surface area contributed by atoms with E-state index >= 15 is 0 Å². The summed E-state index contributed by atoms with van der Waals surface area (Å²) in [5, 5.41) is 4.07. The lowest BCUT2D eigenvalue weighted by Crippen LogP contribution is -2.31. The summed E-state index contributed by atoms with van der Waals surface area (Å²) < 4.78 is 5.54. The van der Waals surface area contributed by atoms with Gasteiger partial charge in [0.2, 0.25) is 5.91 Å². The van der Waals surface area contributed by atoms with Gasteiger partial charge in [0.05, 0.1) is 5.01 Å². The highest BCUT2D eigenvalue weighted by molar-refractivity contribution is 7.11. The monoisotopic (exact) mass is 302 g/mol. The first-order chi connectivity index (χ1) is 10.3. The number of aromatic nitrogens is 1. The predicted octanol–water partition coefficient (Wildman–Crippen LogP) is 2.54. The van der Waals surface area contributed by atoms with Crippen LogP contribution < -0.4 is 10.1 Å². The zero-order chi connectivity index (χ0) is 14.7. The van der Waals surface area contributed by atoms with Gasteiger partial charge >= 0.3 is 0 Å². The fraction of sp³-hybridized carbons (Fsp3) is 0.375. The Hall–Kier alpha value is -1.88. The van der Waals surface area contributed by atoms with E-state index in [0.717, 1.165) is 29.2 Å². The van der Waals surface area contributed by atoms with Crippen LogP contribution in [0.25, 0.3) is 0 Å². The van der Waals surface area contributed by atoms with Crippen LogP contribution in [0.5, 0.6) is 5.75 Å². The summed E-state index contributed by atoms with van der Waals surface area (Å²) in [5.74, 6) is 0.668. The number of rotatable bonds is 5. The molecule has 0 spiro atoms. The summed E-state index contributed by atoms with van der Waals surface area (Å²) in [7, 11) is 0. The fourth-order valence-electron chi connectivity index (χ4n) is 2.42. The quantitative estimate of drug-likeness (QED) is 0.923. The molecule has 1 N–H and O–H groups in total. The normalized spacial score (nSPS) is 16.3. The summed E-state index contributed by atoms with van der Waals surface area (Å²) in [6.07, 6.45) is 3.72. The van der Waals surface area contributed by atoms with Crippen LogP contribution >= 0.6 is 11.3 Å². The summed E-state index contributed by atoms with van der Waals surface area (Å²) in [4.78, 5) is 17.9. The van der Waals surface area contributed by atoms with E-state index in [2.05, 4.69) is 17.2 Å². The minimum absolute atomic E-state index is 0.0345. The lowest BCUT2D eigenvalue weighted by molar-refractivity contribution is -0.122. The van der Waals surface area contributed by atoms with Gasteiger partial charge in [0.15, 0.2) is 0 Å². The number of fused-ring (bicyclic) bond motifs is 1. The second-order valence-corrected chi connectivity index (χ2v) is 6.22. The van der Waals surface area contributed by atoms with Crippen molar-refractivity contribution in [1.82, 2.24) is 10.3 Å². The zero-order valence-electron chi connectivity index (χ0n) is 12.0. The van der Waals surface area contributed by atoms with Crippen molar-refractivity contribution in [1.29, 1.82) is 0 Å². The largest absolute Gasteiger partial charge is 0.492 e. The van der Waals surface area contributed by atoms with Gasteiger partial charge in [0, 0.05) is 29.6 Å². The first kappa shape index (κ1) is 14.1. The fourth-order valence-corrected chi connectivity index (χ4v) is 3.28. The van der Waals surface area contributed by atoms with Gasteiger partial charge < -0.3 is 10.1 Å². The molecule has 0 unspecified atom stereocenters. The van der Waals surface area contributed by atoms with Crippen molar-refractivity contribution in [3.63, 3.8) is 0 Å². The number of carbonyl (C=O) groups is 1. The molecule has 2 aromatic rings. The predicted molar refractivity (Wildman–Crippen MR) is 82.9 cm³/mol. The van der Waals surface area contributed by atoms with Crippen LogP contribution in [0.4, 0.5) is 0 Å². The first-order valence-electron chi connectivity index (χ1n) is 7.21. The third kappa shape index (κ3) is 3.08. The Morgan fingerprint density at radius 1 is 1.48 bits per heavy atom. The van der Waals surface area contributed by atoms with E-state index in [1.165, 1.54) is 4.88 Å². The van der Waals surface area contributed by atoms with E-state index in [1.807, 2.05) is 30.5 Å².